The molecule has 0 saturated heterocycles. The maximum Gasteiger partial charge on any atom is 0.271 e. The summed E-state index contributed by atoms with van der Waals surface area (Å²) >= 11 is 0. The highest BCUT2D eigenvalue weighted by atomic mass is 16.6. The van der Waals surface area contributed by atoms with E-state index in [1.807, 2.05) is 91.1 Å². The predicted octanol–water partition coefficient (Wildman–Crippen LogP) is 5.88. The molecule has 3 N–H and O–H groups in total. The number of non-ortho nitro benzene ring substituents is 1. The normalized spacial score (nSPS) is 11.8. The van der Waals surface area contributed by atoms with Crippen LogP contribution in [0.25, 0.3) is 10.9 Å². The molecule has 5 aromatic rings. The molecule has 1 heterocycles. The number of aromatic amines is 1. The van der Waals surface area contributed by atoms with Crippen molar-refractivity contribution in [3.8, 4) is 0 Å². The first-order chi connectivity index (χ1) is 19.4. The molecule has 1 aromatic heterocycles. The third kappa shape index (κ3) is 5.76. The summed E-state index contributed by atoms with van der Waals surface area (Å²) in [6, 6.07) is 29.9. The molecule has 40 heavy (non-hydrogen) atoms. The summed E-state index contributed by atoms with van der Waals surface area (Å²) < 4.78 is 0. The molecule has 0 aliphatic heterocycles. The van der Waals surface area contributed by atoms with Crippen LogP contribution in [0.3, 0.4) is 0 Å². The van der Waals surface area contributed by atoms with E-state index in [2.05, 4.69) is 15.6 Å². The van der Waals surface area contributed by atoms with E-state index < -0.39 is 22.8 Å². The molecular formula is C32H28N4O4. The molecule has 0 saturated carbocycles. The number of hydrogen-bond donors (Lipinski definition) is 3. The Kier molecular flexibility index (Phi) is 7.68. The van der Waals surface area contributed by atoms with Crippen molar-refractivity contribution in [1.82, 2.24) is 10.3 Å². The molecule has 0 fully saturated rings. The second-order valence-corrected chi connectivity index (χ2v) is 9.62. The highest BCUT2D eigenvalue weighted by Crippen LogP contribution is 2.27. The number of carbonyl (C=O) groups excluding carboxylic acids is 2. The Hall–Kier alpha value is -5.24. The molecule has 0 radical (unpaired) electrons. The van der Waals surface area contributed by atoms with Crippen molar-refractivity contribution in [3.63, 3.8) is 0 Å². The number of para-hydroxylation sites is 1. The molecule has 8 heteroatoms. The van der Waals surface area contributed by atoms with Gasteiger partial charge >= 0.3 is 0 Å². The molecule has 0 aliphatic rings. The third-order valence-electron chi connectivity index (χ3n) is 6.95. The van der Waals surface area contributed by atoms with Crippen LogP contribution in [-0.2, 0) is 16.0 Å². The van der Waals surface area contributed by atoms with Gasteiger partial charge in [-0.3, -0.25) is 19.7 Å². The Bertz CT molecular complexity index is 1630. The van der Waals surface area contributed by atoms with Crippen molar-refractivity contribution in [2.45, 2.75) is 25.3 Å². The van der Waals surface area contributed by atoms with E-state index in [0.29, 0.717) is 11.3 Å². The largest absolute Gasteiger partial charge is 0.361 e. The summed E-state index contributed by atoms with van der Waals surface area (Å²) in [5, 5.41) is 18.1. The number of nitrogens with one attached hydrogen (secondary N) is 3. The van der Waals surface area contributed by atoms with Gasteiger partial charge in [0.1, 0.15) is 6.04 Å². The average molecular weight is 533 g/mol. The Morgan fingerprint density at radius 3 is 2.12 bits per heavy atom. The fourth-order valence-corrected chi connectivity index (χ4v) is 4.85. The summed E-state index contributed by atoms with van der Waals surface area (Å²) in [6.07, 6.45) is 2.05. The number of nitrogens with zero attached hydrogens (tertiary/aromatic N) is 1. The molecule has 0 bridgehead atoms. The molecule has 0 aliphatic carbocycles. The number of anilines is 1. The van der Waals surface area contributed by atoms with Gasteiger partial charge in [0, 0.05) is 35.7 Å². The minimum absolute atomic E-state index is 0.133. The minimum Gasteiger partial charge on any atom is -0.361 e. The molecule has 8 nitrogen and oxygen atoms in total. The van der Waals surface area contributed by atoms with Gasteiger partial charge in [-0.25, -0.2) is 0 Å². The number of benzene rings is 4. The van der Waals surface area contributed by atoms with Crippen LogP contribution >= 0.6 is 0 Å². The van der Waals surface area contributed by atoms with Crippen molar-refractivity contribution in [3.05, 3.63) is 142 Å². The molecule has 0 spiro atoms. The number of nitro benzene ring substituents is 1. The smallest absolute Gasteiger partial charge is 0.271 e. The summed E-state index contributed by atoms with van der Waals surface area (Å²) in [5.41, 5.74) is 4.24. The summed E-state index contributed by atoms with van der Waals surface area (Å²) in [5.74, 6) is -1.43. The van der Waals surface area contributed by atoms with Crippen LogP contribution in [0, 0.1) is 17.0 Å². The zero-order chi connectivity index (χ0) is 28.1. The third-order valence-corrected chi connectivity index (χ3v) is 6.95. The lowest BCUT2D eigenvalue weighted by Crippen LogP contribution is -2.47. The van der Waals surface area contributed by atoms with Crippen molar-refractivity contribution in [2.24, 2.45) is 0 Å². The van der Waals surface area contributed by atoms with Crippen LogP contribution in [0.2, 0.25) is 0 Å². The Labute approximate surface area is 231 Å². The summed E-state index contributed by atoms with van der Waals surface area (Å²) in [4.78, 5) is 41.7. The van der Waals surface area contributed by atoms with E-state index in [1.165, 1.54) is 12.1 Å². The molecule has 0 unspecified atom stereocenters. The lowest BCUT2D eigenvalue weighted by Gasteiger charge is -2.23. The summed E-state index contributed by atoms with van der Waals surface area (Å²) in [6.45, 7) is 1.76. The lowest BCUT2D eigenvalue weighted by atomic mass is 9.90. The van der Waals surface area contributed by atoms with E-state index in [-0.39, 0.29) is 18.0 Å². The fourth-order valence-electron chi connectivity index (χ4n) is 4.85. The Morgan fingerprint density at radius 1 is 0.850 bits per heavy atom. The van der Waals surface area contributed by atoms with Gasteiger partial charge in [-0.2, -0.15) is 0 Å². The number of aromatic nitrogens is 1. The van der Waals surface area contributed by atoms with Gasteiger partial charge in [0.05, 0.1) is 16.5 Å². The van der Waals surface area contributed by atoms with Crippen LogP contribution in [0.4, 0.5) is 11.4 Å². The predicted molar refractivity (Wildman–Crippen MR) is 155 cm³/mol. The average Bonchev–Trinajstić information content (AvgIpc) is 3.37. The van der Waals surface area contributed by atoms with E-state index in [9.17, 15) is 19.7 Å². The number of H-pyrrole nitrogens is 1. The van der Waals surface area contributed by atoms with Gasteiger partial charge in [0.15, 0.2) is 0 Å². The molecular weight excluding hydrogens is 504 g/mol. The second kappa shape index (κ2) is 11.7. The maximum atomic E-state index is 13.9. The fraction of sp³-hybridized carbons (Fsp3) is 0.125. The number of amides is 2. The van der Waals surface area contributed by atoms with Gasteiger partial charge < -0.3 is 15.6 Å². The highest BCUT2D eigenvalue weighted by Gasteiger charge is 2.29. The monoisotopic (exact) mass is 532 g/mol. The standard InChI is InChI=1S/C32H28N4O4/c1-21-16-17-25(36(39)40)19-28(21)34-31(37)29(18-24-20-33-27-15-9-8-14-26(24)27)35-32(38)30(22-10-4-2-5-11-22)23-12-6-3-7-13-23/h2-17,19-20,29-30,33H,18H2,1H3,(H,34,37)(H,35,38)/t29-/m0/s1. The molecule has 200 valence electrons. The van der Waals surface area contributed by atoms with Crippen LogP contribution in [0.15, 0.2) is 109 Å². The number of rotatable bonds is 9. The topological polar surface area (TPSA) is 117 Å². The number of fused-ring (bicyclic) bond motifs is 1. The number of carbonyl (C=O) groups is 2. The second-order valence-electron chi connectivity index (χ2n) is 9.62. The van der Waals surface area contributed by atoms with Crippen molar-refractivity contribution in [1.29, 1.82) is 0 Å². The molecule has 5 rings (SSSR count). The van der Waals surface area contributed by atoms with Crippen LogP contribution < -0.4 is 10.6 Å². The number of nitro groups is 1. The summed E-state index contributed by atoms with van der Waals surface area (Å²) in [7, 11) is 0. The molecule has 4 aromatic carbocycles. The van der Waals surface area contributed by atoms with Crippen LogP contribution in [0.5, 0.6) is 0 Å². The first-order valence-electron chi connectivity index (χ1n) is 12.9. The van der Waals surface area contributed by atoms with Gasteiger partial charge in [-0.05, 0) is 35.2 Å². The number of hydrogen-bond acceptors (Lipinski definition) is 4. The zero-order valence-corrected chi connectivity index (χ0v) is 21.8. The minimum atomic E-state index is -0.958. The first kappa shape index (κ1) is 26.4. The van der Waals surface area contributed by atoms with E-state index in [1.54, 1.807) is 13.0 Å². The van der Waals surface area contributed by atoms with Gasteiger partial charge in [-0.1, -0.05) is 84.9 Å². The SMILES string of the molecule is Cc1ccc([N+](=O)[O-])cc1NC(=O)[C@H](Cc1c[nH]c2ccccc12)NC(=O)C(c1ccccc1)c1ccccc1. The van der Waals surface area contributed by atoms with Crippen LogP contribution in [-0.4, -0.2) is 27.8 Å². The first-order valence-corrected chi connectivity index (χ1v) is 12.9. The van der Waals surface area contributed by atoms with Gasteiger partial charge in [-0.15, -0.1) is 0 Å². The quantitative estimate of drug-likeness (QED) is 0.162. The van der Waals surface area contributed by atoms with E-state index >= 15 is 0 Å². The Morgan fingerprint density at radius 2 is 1.48 bits per heavy atom. The van der Waals surface area contributed by atoms with Crippen molar-refractivity contribution in [2.75, 3.05) is 5.32 Å². The number of aryl methyl sites for hydroxylation is 1. The molecule has 2 amide bonds. The maximum absolute atomic E-state index is 13.9. The van der Waals surface area contributed by atoms with Gasteiger partial charge in [0.2, 0.25) is 11.8 Å². The molecule has 1 atom stereocenters. The zero-order valence-electron chi connectivity index (χ0n) is 21.8. The van der Waals surface area contributed by atoms with E-state index in [4.69, 9.17) is 0 Å². The lowest BCUT2D eigenvalue weighted by molar-refractivity contribution is -0.384. The van der Waals surface area contributed by atoms with Crippen LogP contribution in [0.1, 0.15) is 28.2 Å². The van der Waals surface area contributed by atoms with Crippen molar-refractivity contribution < 1.29 is 14.5 Å². The van der Waals surface area contributed by atoms with Crippen molar-refractivity contribution >= 4 is 34.1 Å². The van der Waals surface area contributed by atoms with Gasteiger partial charge in [0.25, 0.3) is 5.69 Å². The van der Waals surface area contributed by atoms with E-state index in [0.717, 1.165) is 27.6 Å². The highest BCUT2D eigenvalue weighted by molar-refractivity contribution is 6.00. The Balaban J connectivity index is 1.49.